The highest BCUT2D eigenvalue weighted by atomic mass is 15.1. The molecule has 1 N–H and O–H groups in total. The lowest BCUT2D eigenvalue weighted by molar-refractivity contribution is 0.888. The molecule has 6 heteroatoms. The summed E-state index contributed by atoms with van der Waals surface area (Å²) in [6.45, 7) is 0.668. The predicted octanol–water partition coefficient (Wildman–Crippen LogP) is 2.58. The van der Waals surface area contributed by atoms with E-state index in [0.717, 1.165) is 12.1 Å². The molecule has 0 radical (unpaired) electrons. The Bertz CT molecular complexity index is 814. The molecule has 118 valence electrons. The van der Waals surface area contributed by atoms with Crippen LogP contribution in [0.2, 0.25) is 0 Å². The van der Waals surface area contributed by atoms with Crippen LogP contribution in [0.5, 0.6) is 0 Å². The summed E-state index contributed by atoms with van der Waals surface area (Å²) in [6, 6.07) is 15.3. The minimum absolute atomic E-state index is 0.500. The second-order valence-electron chi connectivity index (χ2n) is 5.12. The van der Waals surface area contributed by atoms with Gasteiger partial charge in [-0.25, -0.2) is 9.97 Å². The van der Waals surface area contributed by atoms with E-state index in [0.29, 0.717) is 23.9 Å². The molecule has 3 aromatic heterocycles. The summed E-state index contributed by atoms with van der Waals surface area (Å²) in [4.78, 5) is 17.2. The number of nitrogens with one attached hydrogen (secondary N) is 1. The number of rotatable bonds is 6. The molecule has 0 aliphatic heterocycles. The zero-order valence-corrected chi connectivity index (χ0v) is 13.0. The van der Waals surface area contributed by atoms with Gasteiger partial charge in [0.15, 0.2) is 0 Å². The molecule has 0 fully saturated rings. The molecule has 0 saturated carbocycles. The van der Waals surface area contributed by atoms with Crippen molar-refractivity contribution in [3.05, 3.63) is 78.1 Å². The van der Waals surface area contributed by atoms with Gasteiger partial charge in [-0.05, 0) is 30.3 Å². The molecule has 0 amide bonds. The first-order chi connectivity index (χ1) is 11.9. The lowest BCUT2D eigenvalue weighted by Gasteiger charge is -2.10. The Kier molecular flexibility index (Phi) is 5.05. The Balaban J connectivity index is 1.68. The van der Waals surface area contributed by atoms with Crippen LogP contribution in [0.25, 0.3) is 0 Å². The fourth-order valence-corrected chi connectivity index (χ4v) is 2.30. The first-order valence-corrected chi connectivity index (χ1v) is 7.64. The monoisotopic (exact) mass is 316 g/mol. The Hall–Kier alpha value is -3.33. The SMILES string of the molecule is N#CC(c1ccccn1)c1ccnc(NCCc2ccccn2)n1. The number of nitriles is 1. The van der Waals surface area contributed by atoms with Crippen molar-refractivity contribution in [1.29, 1.82) is 5.26 Å². The van der Waals surface area contributed by atoms with Crippen molar-refractivity contribution in [2.75, 3.05) is 11.9 Å². The smallest absolute Gasteiger partial charge is 0.222 e. The first-order valence-electron chi connectivity index (χ1n) is 7.64. The molecule has 3 rings (SSSR count). The number of hydrogen-bond donors (Lipinski definition) is 1. The van der Waals surface area contributed by atoms with E-state index in [9.17, 15) is 5.26 Å². The number of anilines is 1. The van der Waals surface area contributed by atoms with E-state index in [1.54, 1.807) is 24.7 Å². The molecule has 1 unspecified atom stereocenters. The van der Waals surface area contributed by atoms with Gasteiger partial charge >= 0.3 is 0 Å². The van der Waals surface area contributed by atoms with Crippen LogP contribution in [0.3, 0.4) is 0 Å². The quantitative estimate of drug-likeness (QED) is 0.752. The second-order valence-corrected chi connectivity index (χ2v) is 5.12. The number of hydrogen-bond acceptors (Lipinski definition) is 6. The van der Waals surface area contributed by atoms with Gasteiger partial charge in [0.1, 0.15) is 5.92 Å². The van der Waals surface area contributed by atoms with Crippen LogP contribution in [-0.2, 0) is 6.42 Å². The highest BCUT2D eigenvalue weighted by Gasteiger charge is 2.16. The Labute approximate surface area is 140 Å². The lowest BCUT2D eigenvalue weighted by Crippen LogP contribution is -2.11. The molecule has 3 aromatic rings. The topological polar surface area (TPSA) is 87.4 Å². The van der Waals surface area contributed by atoms with E-state index in [1.807, 2.05) is 36.4 Å². The van der Waals surface area contributed by atoms with Crippen LogP contribution >= 0.6 is 0 Å². The van der Waals surface area contributed by atoms with Gasteiger partial charge in [0.25, 0.3) is 0 Å². The van der Waals surface area contributed by atoms with Crippen molar-refractivity contribution in [1.82, 2.24) is 19.9 Å². The summed E-state index contributed by atoms with van der Waals surface area (Å²) in [5.41, 5.74) is 2.31. The zero-order chi connectivity index (χ0) is 16.6. The van der Waals surface area contributed by atoms with Crippen LogP contribution in [0, 0.1) is 11.3 Å². The molecule has 0 aliphatic rings. The maximum absolute atomic E-state index is 9.47. The third-order valence-electron chi connectivity index (χ3n) is 3.48. The van der Waals surface area contributed by atoms with E-state index in [-0.39, 0.29) is 0 Å². The molecule has 0 saturated heterocycles. The second kappa shape index (κ2) is 7.79. The van der Waals surface area contributed by atoms with Crippen molar-refractivity contribution in [2.24, 2.45) is 0 Å². The summed E-state index contributed by atoms with van der Waals surface area (Å²) < 4.78 is 0. The van der Waals surface area contributed by atoms with Crippen molar-refractivity contribution in [3.63, 3.8) is 0 Å². The van der Waals surface area contributed by atoms with Gasteiger partial charge in [-0.1, -0.05) is 12.1 Å². The van der Waals surface area contributed by atoms with Crippen LogP contribution in [-0.4, -0.2) is 26.5 Å². The van der Waals surface area contributed by atoms with Gasteiger partial charge in [-0.15, -0.1) is 0 Å². The standard InChI is InChI=1S/C18H16N6/c19-13-15(16-6-2-4-10-21-16)17-8-12-23-18(24-17)22-11-7-14-5-1-3-9-20-14/h1-6,8-10,12,15H,7,11H2,(H,22,23,24). The third kappa shape index (κ3) is 3.90. The van der Waals surface area contributed by atoms with Gasteiger partial charge in [0, 0.05) is 37.3 Å². The summed E-state index contributed by atoms with van der Waals surface area (Å²) >= 11 is 0. The predicted molar refractivity (Wildman–Crippen MR) is 90.2 cm³/mol. The summed E-state index contributed by atoms with van der Waals surface area (Å²) in [5.74, 6) is -0.00912. The van der Waals surface area contributed by atoms with Crippen molar-refractivity contribution < 1.29 is 0 Å². The van der Waals surface area contributed by atoms with Gasteiger partial charge in [0.05, 0.1) is 17.5 Å². The summed E-state index contributed by atoms with van der Waals surface area (Å²) in [6.07, 6.45) is 5.87. The van der Waals surface area contributed by atoms with Crippen LogP contribution < -0.4 is 5.32 Å². The van der Waals surface area contributed by atoms with Crippen LogP contribution in [0.15, 0.2) is 61.1 Å². The molecule has 3 heterocycles. The van der Waals surface area contributed by atoms with E-state index in [4.69, 9.17) is 0 Å². The lowest BCUT2D eigenvalue weighted by atomic mass is 10.0. The van der Waals surface area contributed by atoms with Crippen molar-refractivity contribution >= 4 is 5.95 Å². The number of nitrogens with zero attached hydrogens (tertiary/aromatic N) is 5. The third-order valence-corrected chi connectivity index (χ3v) is 3.48. The largest absolute Gasteiger partial charge is 0.354 e. The maximum atomic E-state index is 9.47. The molecule has 0 spiro atoms. The van der Waals surface area contributed by atoms with Gasteiger partial charge < -0.3 is 5.32 Å². The van der Waals surface area contributed by atoms with E-state index < -0.39 is 5.92 Å². The Morgan fingerprint density at radius 3 is 2.46 bits per heavy atom. The van der Waals surface area contributed by atoms with Gasteiger partial charge in [-0.3, -0.25) is 9.97 Å². The average molecular weight is 316 g/mol. The van der Waals surface area contributed by atoms with Crippen LogP contribution in [0.4, 0.5) is 5.95 Å². The van der Waals surface area contributed by atoms with Gasteiger partial charge in [0.2, 0.25) is 5.95 Å². The molecule has 24 heavy (non-hydrogen) atoms. The molecule has 0 aromatic carbocycles. The molecule has 0 aliphatic carbocycles. The van der Waals surface area contributed by atoms with Crippen molar-refractivity contribution in [2.45, 2.75) is 12.3 Å². The van der Waals surface area contributed by atoms with E-state index in [1.165, 1.54) is 0 Å². The van der Waals surface area contributed by atoms with Crippen molar-refractivity contribution in [3.8, 4) is 6.07 Å². The Morgan fingerprint density at radius 1 is 0.917 bits per heavy atom. The molecular formula is C18H16N6. The minimum Gasteiger partial charge on any atom is -0.354 e. The maximum Gasteiger partial charge on any atom is 0.222 e. The number of aromatic nitrogens is 4. The minimum atomic E-state index is -0.509. The van der Waals surface area contributed by atoms with E-state index >= 15 is 0 Å². The zero-order valence-electron chi connectivity index (χ0n) is 13.0. The highest BCUT2D eigenvalue weighted by Crippen LogP contribution is 2.20. The summed E-state index contributed by atoms with van der Waals surface area (Å²) in [5, 5.41) is 12.6. The molecule has 6 nitrogen and oxygen atoms in total. The highest BCUT2D eigenvalue weighted by molar-refractivity contribution is 5.34. The Morgan fingerprint density at radius 2 is 1.75 bits per heavy atom. The van der Waals surface area contributed by atoms with Crippen LogP contribution in [0.1, 0.15) is 23.0 Å². The van der Waals surface area contributed by atoms with Gasteiger partial charge in [-0.2, -0.15) is 5.26 Å². The first kappa shape index (κ1) is 15.6. The normalized spacial score (nSPS) is 11.5. The fourth-order valence-electron chi connectivity index (χ4n) is 2.30. The average Bonchev–Trinajstić information content (AvgIpc) is 2.65. The fraction of sp³-hybridized carbons (Fsp3) is 0.167. The molecule has 1 atom stereocenters. The van der Waals surface area contributed by atoms with E-state index in [2.05, 4.69) is 31.3 Å². The number of pyridine rings is 2. The molecule has 0 bridgehead atoms. The molecular weight excluding hydrogens is 300 g/mol. The summed E-state index contributed by atoms with van der Waals surface area (Å²) in [7, 11) is 0.